The number of aryl methyl sites for hydroxylation is 1. The van der Waals surface area contributed by atoms with E-state index in [0.29, 0.717) is 6.61 Å². The molecule has 0 saturated heterocycles. The molecule has 0 aliphatic rings. The molecule has 2 aromatic rings. The maximum atomic E-state index is 5.64. The van der Waals surface area contributed by atoms with Gasteiger partial charge in [0.1, 0.15) is 0 Å². The second kappa shape index (κ2) is 7.48. The standard InChI is InChI=1S/C18H21NO2/c1-4-11-21-17-10-7-15(12-18(17)20-3)13-19-16-8-5-14(2)6-9-16/h5-10,12-13H,4,11H2,1-3H3. The Morgan fingerprint density at radius 2 is 1.81 bits per heavy atom. The fourth-order valence-corrected chi connectivity index (χ4v) is 1.88. The molecule has 3 heteroatoms. The van der Waals surface area contributed by atoms with Crippen LogP contribution in [0.25, 0.3) is 0 Å². The molecule has 0 amide bonds. The van der Waals surface area contributed by atoms with Crippen molar-refractivity contribution in [1.29, 1.82) is 0 Å². The lowest BCUT2D eigenvalue weighted by Crippen LogP contribution is -1.98. The number of ether oxygens (including phenoxy) is 2. The van der Waals surface area contributed by atoms with Crippen molar-refractivity contribution in [1.82, 2.24) is 0 Å². The van der Waals surface area contributed by atoms with E-state index < -0.39 is 0 Å². The largest absolute Gasteiger partial charge is 0.493 e. The Hall–Kier alpha value is -2.29. The van der Waals surface area contributed by atoms with Gasteiger partial charge >= 0.3 is 0 Å². The lowest BCUT2D eigenvalue weighted by atomic mass is 10.2. The molecule has 0 unspecified atom stereocenters. The number of rotatable bonds is 6. The average Bonchev–Trinajstić information content (AvgIpc) is 2.52. The van der Waals surface area contributed by atoms with Crippen molar-refractivity contribution in [3.8, 4) is 11.5 Å². The summed E-state index contributed by atoms with van der Waals surface area (Å²) in [5.74, 6) is 1.50. The van der Waals surface area contributed by atoms with Crippen LogP contribution >= 0.6 is 0 Å². The van der Waals surface area contributed by atoms with E-state index in [0.717, 1.165) is 29.2 Å². The van der Waals surface area contributed by atoms with Gasteiger partial charge in [0.2, 0.25) is 0 Å². The minimum atomic E-state index is 0.688. The van der Waals surface area contributed by atoms with Gasteiger partial charge in [-0.1, -0.05) is 24.6 Å². The van der Waals surface area contributed by atoms with E-state index in [2.05, 4.69) is 31.0 Å². The molecule has 0 fully saturated rings. The molecular weight excluding hydrogens is 262 g/mol. The molecule has 0 saturated carbocycles. The number of hydrogen-bond acceptors (Lipinski definition) is 3. The molecule has 2 aromatic carbocycles. The van der Waals surface area contributed by atoms with Crippen molar-refractivity contribution in [2.24, 2.45) is 4.99 Å². The van der Waals surface area contributed by atoms with Gasteiger partial charge < -0.3 is 9.47 Å². The molecule has 110 valence electrons. The topological polar surface area (TPSA) is 30.8 Å². The van der Waals surface area contributed by atoms with Gasteiger partial charge in [-0.05, 0) is 49.2 Å². The van der Waals surface area contributed by atoms with Gasteiger partial charge in [-0.2, -0.15) is 0 Å². The van der Waals surface area contributed by atoms with E-state index in [1.807, 2.05) is 36.5 Å². The smallest absolute Gasteiger partial charge is 0.161 e. The number of hydrogen-bond donors (Lipinski definition) is 0. The molecule has 0 heterocycles. The second-order valence-electron chi connectivity index (χ2n) is 4.85. The zero-order chi connectivity index (χ0) is 15.1. The van der Waals surface area contributed by atoms with Crippen LogP contribution in [0.1, 0.15) is 24.5 Å². The highest BCUT2D eigenvalue weighted by atomic mass is 16.5. The van der Waals surface area contributed by atoms with Crippen LogP contribution in [0.4, 0.5) is 5.69 Å². The van der Waals surface area contributed by atoms with E-state index in [4.69, 9.17) is 9.47 Å². The Balaban J connectivity index is 2.14. The van der Waals surface area contributed by atoms with Gasteiger partial charge in [-0.3, -0.25) is 4.99 Å². The summed E-state index contributed by atoms with van der Waals surface area (Å²) in [4.78, 5) is 4.46. The zero-order valence-electron chi connectivity index (χ0n) is 12.8. The van der Waals surface area contributed by atoms with E-state index in [1.165, 1.54) is 5.56 Å². The summed E-state index contributed by atoms with van der Waals surface area (Å²) >= 11 is 0. The molecular formula is C18H21NO2. The monoisotopic (exact) mass is 283 g/mol. The van der Waals surface area contributed by atoms with Crippen LogP contribution in [0.3, 0.4) is 0 Å². The van der Waals surface area contributed by atoms with E-state index in [1.54, 1.807) is 7.11 Å². The zero-order valence-corrected chi connectivity index (χ0v) is 12.8. The first kappa shape index (κ1) is 15.1. The Morgan fingerprint density at radius 3 is 2.48 bits per heavy atom. The summed E-state index contributed by atoms with van der Waals surface area (Å²) in [6.07, 6.45) is 2.80. The quantitative estimate of drug-likeness (QED) is 0.728. The van der Waals surface area contributed by atoms with Crippen molar-refractivity contribution in [3.63, 3.8) is 0 Å². The minimum Gasteiger partial charge on any atom is -0.493 e. The Labute approximate surface area is 126 Å². The second-order valence-corrected chi connectivity index (χ2v) is 4.85. The molecule has 2 rings (SSSR count). The number of aliphatic imine (C=N–C) groups is 1. The first-order chi connectivity index (χ1) is 10.2. The van der Waals surface area contributed by atoms with E-state index >= 15 is 0 Å². The minimum absolute atomic E-state index is 0.688. The third-order valence-corrected chi connectivity index (χ3v) is 3.05. The van der Waals surface area contributed by atoms with Crippen LogP contribution in [-0.2, 0) is 0 Å². The highest BCUT2D eigenvalue weighted by Crippen LogP contribution is 2.27. The molecule has 0 N–H and O–H groups in total. The van der Waals surface area contributed by atoms with E-state index in [-0.39, 0.29) is 0 Å². The van der Waals surface area contributed by atoms with Crippen LogP contribution < -0.4 is 9.47 Å². The van der Waals surface area contributed by atoms with Gasteiger partial charge in [0.15, 0.2) is 11.5 Å². The fraction of sp³-hybridized carbons (Fsp3) is 0.278. The summed E-state index contributed by atoms with van der Waals surface area (Å²) in [5.41, 5.74) is 3.15. The lowest BCUT2D eigenvalue weighted by molar-refractivity contribution is 0.294. The molecule has 0 bridgehead atoms. The van der Waals surface area contributed by atoms with Crippen molar-refractivity contribution >= 4 is 11.9 Å². The van der Waals surface area contributed by atoms with Gasteiger partial charge in [0.05, 0.1) is 19.4 Å². The number of nitrogens with zero attached hydrogens (tertiary/aromatic N) is 1. The Morgan fingerprint density at radius 1 is 1.05 bits per heavy atom. The molecule has 21 heavy (non-hydrogen) atoms. The van der Waals surface area contributed by atoms with Crippen LogP contribution in [0.2, 0.25) is 0 Å². The molecule has 0 aromatic heterocycles. The first-order valence-corrected chi connectivity index (χ1v) is 7.14. The van der Waals surface area contributed by atoms with Gasteiger partial charge in [0.25, 0.3) is 0 Å². The summed E-state index contributed by atoms with van der Waals surface area (Å²) < 4.78 is 11.0. The molecule has 0 aliphatic heterocycles. The molecule has 0 atom stereocenters. The van der Waals surface area contributed by atoms with Gasteiger partial charge in [-0.25, -0.2) is 0 Å². The predicted octanol–water partition coefficient (Wildman–Crippen LogP) is 4.54. The average molecular weight is 283 g/mol. The summed E-state index contributed by atoms with van der Waals surface area (Å²) in [7, 11) is 1.65. The maximum Gasteiger partial charge on any atom is 0.161 e. The van der Waals surface area contributed by atoms with E-state index in [9.17, 15) is 0 Å². The van der Waals surface area contributed by atoms with Crippen molar-refractivity contribution in [2.45, 2.75) is 20.3 Å². The summed E-state index contributed by atoms with van der Waals surface area (Å²) in [6, 6.07) is 13.9. The Kier molecular flexibility index (Phi) is 5.38. The number of methoxy groups -OCH3 is 1. The SMILES string of the molecule is CCCOc1ccc(C=Nc2ccc(C)cc2)cc1OC. The highest BCUT2D eigenvalue weighted by Gasteiger charge is 2.04. The first-order valence-electron chi connectivity index (χ1n) is 7.14. The van der Waals surface area contributed by atoms with Gasteiger partial charge in [-0.15, -0.1) is 0 Å². The van der Waals surface area contributed by atoms with Crippen LogP contribution in [0.5, 0.6) is 11.5 Å². The number of benzene rings is 2. The van der Waals surface area contributed by atoms with Crippen molar-refractivity contribution in [2.75, 3.05) is 13.7 Å². The van der Waals surface area contributed by atoms with Crippen LogP contribution in [0, 0.1) is 6.92 Å². The third kappa shape index (κ3) is 4.35. The maximum absolute atomic E-state index is 5.64. The predicted molar refractivity (Wildman–Crippen MR) is 87.2 cm³/mol. The summed E-state index contributed by atoms with van der Waals surface area (Å²) in [5, 5.41) is 0. The molecule has 3 nitrogen and oxygen atoms in total. The summed E-state index contributed by atoms with van der Waals surface area (Å²) in [6.45, 7) is 4.83. The van der Waals surface area contributed by atoms with Crippen molar-refractivity contribution < 1.29 is 9.47 Å². The fourth-order valence-electron chi connectivity index (χ4n) is 1.88. The van der Waals surface area contributed by atoms with Crippen molar-refractivity contribution in [3.05, 3.63) is 53.6 Å². The molecule has 0 aliphatic carbocycles. The highest BCUT2D eigenvalue weighted by molar-refractivity contribution is 5.83. The normalized spacial score (nSPS) is 10.8. The Bertz CT molecular complexity index is 603. The molecule has 0 radical (unpaired) electrons. The third-order valence-electron chi connectivity index (χ3n) is 3.05. The van der Waals surface area contributed by atoms with Gasteiger partial charge in [0, 0.05) is 6.21 Å². The lowest BCUT2D eigenvalue weighted by Gasteiger charge is -2.10. The van der Waals surface area contributed by atoms with Crippen LogP contribution in [-0.4, -0.2) is 19.9 Å². The molecule has 0 spiro atoms. The van der Waals surface area contributed by atoms with Crippen LogP contribution in [0.15, 0.2) is 47.5 Å².